The molecule has 0 spiro atoms. The number of aromatic amines is 1. The lowest BCUT2D eigenvalue weighted by molar-refractivity contribution is 0.242. The van der Waals surface area contributed by atoms with Crippen molar-refractivity contribution in [3.05, 3.63) is 17.7 Å². The number of hydrogen-bond acceptors (Lipinski definition) is 3. The molecule has 1 saturated heterocycles. The fourth-order valence-electron chi connectivity index (χ4n) is 1.79. The Kier molecular flexibility index (Phi) is 3.16. The lowest BCUT2D eigenvalue weighted by atomic mass is 10.3. The summed E-state index contributed by atoms with van der Waals surface area (Å²) in [5.41, 5.74) is 1.15. The van der Waals surface area contributed by atoms with Crippen molar-refractivity contribution in [2.75, 3.05) is 32.7 Å². The van der Waals surface area contributed by atoms with Gasteiger partial charge in [-0.15, -0.1) is 0 Å². The van der Waals surface area contributed by atoms with Crippen molar-refractivity contribution in [2.24, 2.45) is 0 Å². The van der Waals surface area contributed by atoms with Crippen LogP contribution in [-0.2, 0) is 6.42 Å². The van der Waals surface area contributed by atoms with E-state index < -0.39 is 0 Å². The fourth-order valence-corrected chi connectivity index (χ4v) is 1.79. The minimum Gasteiger partial charge on any atom is -0.346 e. The number of nitrogens with one attached hydrogen (secondary N) is 2. The van der Waals surface area contributed by atoms with E-state index in [1.165, 1.54) is 13.1 Å². The highest BCUT2D eigenvalue weighted by Crippen LogP contribution is 1.99. The fraction of sp³-hybridized carbons (Fsp3) is 0.700. The van der Waals surface area contributed by atoms with Crippen LogP contribution in [0.2, 0.25) is 0 Å². The molecule has 0 unspecified atom stereocenters. The number of rotatable bonds is 3. The molecule has 1 aromatic heterocycles. The summed E-state index contributed by atoms with van der Waals surface area (Å²) in [6.45, 7) is 7.74. The number of imidazole rings is 1. The summed E-state index contributed by atoms with van der Waals surface area (Å²) < 4.78 is 0. The first-order valence-electron chi connectivity index (χ1n) is 5.28. The summed E-state index contributed by atoms with van der Waals surface area (Å²) in [6, 6.07) is 0. The van der Waals surface area contributed by atoms with E-state index in [2.05, 4.69) is 20.2 Å². The maximum absolute atomic E-state index is 4.30. The molecule has 1 aliphatic rings. The van der Waals surface area contributed by atoms with Gasteiger partial charge in [-0.25, -0.2) is 4.98 Å². The van der Waals surface area contributed by atoms with Crippen LogP contribution in [0.3, 0.4) is 0 Å². The van der Waals surface area contributed by atoms with Gasteiger partial charge in [-0.1, -0.05) is 0 Å². The van der Waals surface area contributed by atoms with Gasteiger partial charge in [-0.3, -0.25) is 0 Å². The first kappa shape index (κ1) is 9.68. The molecule has 0 atom stereocenters. The Morgan fingerprint density at radius 2 is 2.21 bits per heavy atom. The number of nitrogens with zero attached hydrogens (tertiary/aromatic N) is 2. The minimum absolute atomic E-state index is 1.04. The average Bonchev–Trinajstić information content (AvgIpc) is 2.63. The van der Waals surface area contributed by atoms with Crippen LogP contribution in [0, 0.1) is 6.92 Å². The average molecular weight is 194 g/mol. The van der Waals surface area contributed by atoms with Crippen molar-refractivity contribution in [1.82, 2.24) is 20.2 Å². The van der Waals surface area contributed by atoms with Gasteiger partial charge in [0.25, 0.3) is 0 Å². The molecule has 2 N–H and O–H groups in total. The molecule has 1 fully saturated rings. The van der Waals surface area contributed by atoms with E-state index in [0.717, 1.165) is 37.6 Å². The largest absolute Gasteiger partial charge is 0.346 e. The monoisotopic (exact) mass is 194 g/mol. The molecule has 2 rings (SSSR count). The van der Waals surface area contributed by atoms with Crippen molar-refractivity contribution in [2.45, 2.75) is 13.3 Å². The molecule has 4 nitrogen and oxygen atoms in total. The Morgan fingerprint density at radius 3 is 2.86 bits per heavy atom. The highest BCUT2D eigenvalue weighted by atomic mass is 15.2. The van der Waals surface area contributed by atoms with Crippen molar-refractivity contribution in [3.8, 4) is 0 Å². The third kappa shape index (κ3) is 2.56. The lowest BCUT2D eigenvalue weighted by Crippen LogP contribution is -2.44. The van der Waals surface area contributed by atoms with E-state index in [1.807, 2.05) is 13.1 Å². The second kappa shape index (κ2) is 4.57. The van der Waals surface area contributed by atoms with Crippen molar-refractivity contribution >= 4 is 0 Å². The number of aromatic nitrogens is 2. The molecule has 0 radical (unpaired) electrons. The molecule has 0 aromatic carbocycles. The maximum atomic E-state index is 4.30. The zero-order valence-corrected chi connectivity index (χ0v) is 8.71. The van der Waals surface area contributed by atoms with Gasteiger partial charge in [0.1, 0.15) is 5.82 Å². The highest BCUT2D eigenvalue weighted by Gasteiger charge is 2.09. The van der Waals surface area contributed by atoms with Gasteiger partial charge in [-0.05, 0) is 6.92 Å². The Balaban J connectivity index is 1.76. The molecule has 1 aliphatic heterocycles. The molecular weight excluding hydrogens is 176 g/mol. The van der Waals surface area contributed by atoms with Crippen molar-refractivity contribution in [1.29, 1.82) is 0 Å². The quantitative estimate of drug-likeness (QED) is 0.720. The number of H-pyrrole nitrogens is 1. The van der Waals surface area contributed by atoms with E-state index in [-0.39, 0.29) is 0 Å². The standard InChI is InChI=1S/C10H18N4/c1-9-8-12-10(13-9)2-5-14-6-3-11-4-7-14/h8,11H,2-7H2,1H3,(H,12,13). The van der Waals surface area contributed by atoms with Crippen LogP contribution < -0.4 is 5.32 Å². The van der Waals surface area contributed by atoms with Crippen molar-refractivity contribution in [3.63, 3.8) is 0 Å². The second-order valence-corrected chi connectivity index (χ2v) is 3.85. The van der Waals surface area contributed by atoms with Crippen LogP contribution in [0.4, 0.5) is 0 Å². The number of hydrogen-bond donors (Lipinski definition) is 2. The maximum Gasteiger partial charge on any atom is 0.107 e. The third-order valence-electron chi connectivity index (χ3n) is 2.63. The molecule has 0 saturated carbocycles. The van der Waals surface area contributed by atoms with Gasteiger partial charge in [0.05, 0.1) is 0 Å². The molecule has 2 heterocycles. The number of aryl methyl sites for hydroxylation is 1. The van der Waals surface area contributed by atoms with Crippen LogP contribution in [0.25, 0.3) is 0 Å². The Bertz CT molecular complexity index is 275. The molecule has 14 heavy (non-hydrogen) atoms. The molecule has 0 aliphatic carbocycles. The van der Waals surface area contributed by atoms with Gasteiger partial charge < -0.3 is 15.2 Å². The first-order valence-corrected chi connectivity index (χ1v) is 5.28. The minimum atomic E-state index is 1.04. The summed E-state index contributed by atoms with van der Waals surface area (Å²) in [6.07, 6.45) is 2.93. The first-order chi connectivity index (χ1) is 6.84. The van der Waals surface area contributed by atoms with E-state index in [1.54, 1.807) is 0 Å². The van der Waals surface area contributed by atoms with Crippen LogP contribution in [0.1, 0.15) is 11.5 Å². The van der Waals surface area contributed by atoms with E-state index in [9.17, 15) is 0 Å². The Labute approximate surface area is 84.7 Å². The van der Waals surface area contributed by atoms with Crippen LogP contribution in [0.15, 0.2) is 6.20 Å². The van der Waals surface area contributed by atoms with Gasteiger partial charge in [0, 0.05) is 51.0 Å². The predicted molar refractivity (Wildman–Crippen MR) is 56.3 cm³/mol. The second-order valence-electron chi connectivity index (χ2n) is 3.85. The molecule has 1 aromatic rings. The summed E-state index contributed by atoms with van der Waals surface area (Å²) in [7, 11) is 0. The summed E-state index contributed by atoms with van der Waals surface area (Å²) >= 11 is 0. The van der Waals surface area contributed by atoms with Gasteiger partial charge >= 0.3 is 0 Å². The molecule has 4 heteroatoms. The van der Waals surface area contributed by atoms with Gasteiger partial charge in [0.15, 0.2) is 0 Å². The Hall–Kier alpha value is -0.870. The Morgan fingerprint density at radius 1 is 1.43 bits per heavy atom. The SMILES string of the molecule is Cc1cnc(CCN2CCNCC2)[nH]1. The van der Waals surface area contributed by atoms with Crippen LogP contribution >= 0.6 is 0 Å². The zero-order valence-electron chi connectivity index (χ0n) is 8.71. The molecule has 0 bridgehead atoms. The van der Waals surface area contributed by atoms with Crippen molar-refractivity contribution < 1.29 is 0 Å². The van der Waals surface area contributed by atoms with E-state index in [0.29, 0.717) is 0 Å². The third-order valence-corrected chi connectivity index (χ3v) is 2.63. The van der Waals surface area contributed by atoms with Crippen LogP contribution in [-0.4, -0.2) is 47.6 Å². The van der Waals surface area contributed by atoms with Crippen LogP contribution in [0.5, 0.6) is 0 Å². The normalized spacial score (nSPS) is 18.6. The summed E-state index contributed by atoms with van der Waals surface area (Å²) in [5, 5.41) is 3.35. The highest BCUT2D eigenvalue weighted by molar-refractivity contribution is 4.98. The zero-order chi connectivity index (χ0) is 9.80. The smallest absolute Gasteiger partial charge is 0.107 e. The molecular formula is C10H18N4. The molecule has 78 valence electrons. The van der Waals surface area contributed by atoms with Gasteiger partial charge in [-0.2, -0.15) is 0 Å². The topological polar surface area (TPSA) is 44.0 Å². The van der Waals surface area contributed by atoms with Gasteiger partial charge in [0.2, 0.25) is 0 Å². The summed E-state index contributed by atoms with van der Waals surface area (Å²) in [4.78, 5) is 10.0. The van der Waals surface area contributed by atoms with E-state index in [4.69, 9.17) is 0 Å². The summed E-state index contributed by atoms with van der Waals surface area (Å²) in [5.74, 6) is 1.11. The number of piperazine rings is 1. The molecule has 0 amide bonds. The predicted octanol–water partition coefficient (Wildman–Crippen LogP) is 0.166. The van der Waals surface area contributed by atoms with E-state index >= 15 is 0 Å². The lowest BCUT2D eigenvalue weighted by Gasteiger charge is -2.26.